The predicted octanol–water partition coefficient (Wildman–Crippen LogP) is 6.01. The van der Waals surface area contributed by atoms with Crippen LogP contribution < -0.4 is 24.6 Å². The van der Waals surface area contributed by atoms with E-state index in [9.17, 15) is 9.59 Å². The standard InChI is InChI=1S/C36H42ClN3O5/c1-43-18-5-17-39-33-22-29(12-13-34(33)45-24-35(39)41)40(28-10-11-28)36(42)32-23-38-16-14-31(32)27-8-2-6-25(20-27)26-7-3-9-30(21-26)44-19-4-15-37/h2-3,6-9,12-13,20-22,28,31-32,38H,4-5,10-11,14-19,23-24H2,1H3/t31-,32+/m1/s1. The molecule has 0 unspecified atom stereocenters. The molecule has 3 aromatic carbocycles. The molecule has 8 nitrogen and oxygen atoms in total. The molecule has 2 aliphatic heterocycles. The number of carbonyl (C=O) groups is 2. The number of fused-ring (bicyclic) bond motifs is 1. The molecule has 0 bridgehead atoms. The number of benzene rings is 3. The van der Waals surface area contributed by atoms with Crippen molar-refractivity contribution in [1.29, 1.82) is 0 Å². The Bertz CT molecular complexity index is 1500. The molecule has 1 aliphatic carbocycles. The van der Waals surface area contributed by atoms with Crippen molar-refractivity contribution in [3.8, 4) is 22.6 Å². The number of nitrogens with one attached hydrogen (secondary N) is 1. The molecule has 238 valence electrons. The largest absolute Gasteiger partial charge is 0.494 e. The fourth-order valence-corrected chi connectivity index (χ4v) is 6.57. The summed E-state index contributed by atoms with van der Waals surface area (Å²) < 4.78 is 16.9. The van der Waals surface area contributed by atoms with Gasteiger partial charge in [0, 0.05) is 44.4 Å². The first kappa shape index (κ1) is 31.4. The van der Waals surface area contributed by atoms with E-state index in [2.05, 4.69) is 41.7 Å². The highest BCUT2D eigenvalue weighted by atomic mass is 35.5. The molecule has 1 saturated heterocycles. The monoisotopic (exact) mass is 631 g/mol. The summed E-state index contributed by atoms with van der Waals surface area (Å²) in [6.07, 6.45) is 4.34. The van der Waals surface area contributed by atoms with E-state index in [0.717, 1.165) is 66.9 Å². The van der Waals surface area contributed by atoms with Crippen LogP contribution in [0, 0.1) is 5.92 Å². The van der Waals surface area contributed by atoms with E-state index in [1.807, 2.05) is 35.2 Å². The van der Waals surface area contributed by atoms with Gasteiger partial charge in [-0.3, -0.25) is 9.59 Å². The summed E-state index contributed by atoms with van der Waals surface area (Å²) in [5.41, 5.74) is 4.90. The fourth-order valence-electron chi connectivity index (χ4n) is 6.46. The zero-order valence-corrected chi connectivity index (χ0v) is 26.6. The summed E-state index contributed by atoms with van der Waals surface area (Å²) in [4.78, 5) is 31.1. The minimum absolute atomic E-state index is 0.0183. The number of hydrogen-bond donors (Lipinski definition) is 1. The average Bonchev–Trinajstić information content (AvgIpc) is 3.91. The molecule has 0 spiro atoms. The third kappa shape index (κ3) is 7.29. The van der Waals surface area contributed by atoms with Gasteiger partial charge in [-0.2, -0.15) is 0 Å². The number of nitrogens with zero attached hydrogens (tertiary/aromatic N) is 2. The van der Waals surface area contributed by atoms with E-state index >= 15 is 0 Å². The van der Waals surface area contributed by atoms with Gasteiger partial charge in [0.2, 0.25) is 5.91 Å². The van der Waals surface area contributed by atoms with Crippen LogP contribution in [0.1, 0.15) is 43.6 Å². The maximum absolute atomic E-state index is 14.5. The van der Waals surface area contributed by atoms with E-state index in [-0.39, 0.29) is 36.3 Å². The normalized spacial score (nSPS) is 19.5. The van der Waals surface area contributed by atoms with E-state index in [0.29, 0.717) is 37.9 Å². The average molecular weight is 632 g/mol. The molecule has 45 heavy (non-hydrogen) atoms. The Hall–Kier alpha value is -3.59. The van der Waals surface area contributed by atoms with Crippen LogP contribution in [-0.4, -0.2) is 70.3 Å². The van der Waals surface area contributed by atoms with Crippen LogP contribution >= 0.6 is 11.6 Å². The molecule has 2 heterocycles. The van der Waals surface area contributed by atoms with Crippen LogP contribution in [0.4, 0.5) is 11.4 Å². The number of ether oxygens (including phenoxy) is 3. The summed E-state index contributed by atoms with van der Waals surface area (Å²) in [7, 11) is 1.66. The molecule has 1 N–H and O–H groups in total. The van der Waals surface area contributed by atoms with E-state index in [1.54, 1.807) is 12.0 Å². The van der Waals surface area contributed by atoms with Crippen LogP contribution in [0.15, 0.2) is 66.7 Å². The van der Waals surface area contributed by atoms with E-state index in [4.69, 9.17) is 25.8 Å². The molecule has 0 aromatic heterocycles. The lowest BCUT2D eigenvalue weighted by atomic mass is 9.79. The second-order valence-corrected chi connectivity index (χ2v) is 12.4. The molecule has 2 fully saturated rings. The first-order chi connectivity index (χ1) is 22.1. The number of alkyl halides is 1. The number of methoxy groups -OCH3 is 1. The Kier molecular flexibility index (Phi) is 10.2. The molecule has 3 aliphatic rings. The molecular weight excluding hydrogens is 590 g/mol. The van der Waals surface area contributed by atoms with Gasteiger partial charge in [-0.15, -0.1) is 11.6 Å². The quantitative estimate of drug-likeness (QED) is 0.184. The number of piperidine rings is 1. The molecular formula is C36H42ClN3O5. The summed E-state index contributed by atoms with van der Waals surface area (Å²) >= 11 is 5.82. The molecule has 9 heteroatoms. The second-order valence-electron chi connectivity index (χ2n) is 12.0. The van der Waals surface area contributed by atoms with Crippen molar-refractivity contribution in [2.24, 2.45) is 5.92 Å². The van der Waals surface area contributed by atoms with Gasteiger partial charge >= 0.3 is 0 Å². The molecule has 3 aromatic rings. The van der Waals surface area contributed by atoms with Crippen molar-refractivity contribution in [2.45, 2.75) is 44.1 Å². The molecule has 6 rings (SSSR count). The van der Waals surface area contributed by atoms with Crippen molar-refractivity contribution in [3.05, 3.63) is 72.3 Å². The Labute approximate surface area is 270 Å². The Morgan fingerprint density at radius 3 is 2.64 bits per heavy atom. The molecule has 0 radical (unpaired) electrons. The Balaban J connectivity index is 1.26. The van der Waals surface area contributed by atoms with E-state index in [1.165, 1.54) is 5.56 Å². The van der Waals surface area contributed by atoms with Crippen LogP contribution in [0.5, 0.6) is 11.5 Å². The zero-order chi connectivity index (χ0) is 31.2. The van der Waals surface area contributed by atoms with Crippen LogP contribution in [-0.2, 0) is 14.3 Å². The number of halogens is 1. The molecule has 1 saturated carbocycles. The first-order valence-electron chi connectivity index (χ1n) is 16.1. The van der Waals surface area contributed by atoms with E-state index < -0.39 is 0 Å². The summed E-state index contributed by atoms with van der Waals surface area (Å²) in [6, 6.07) is 22.7. The highest BCUT2D eigenvalue weighted by Crippen LogP contribution is 2.42. The van der Waals surface area contributed by atoms with Gasteiger partial charge in [0.05, 0.1) is 18.2 Å². The first-order valence-corrected chi connectivity index (χ1v) is 16.6. The van der Waals surface area contributed by atoms with Gasteiger partial charge in [0.25, 0.3) is 5.91 Å². The van der Waals surface area contributed by atoms with Crippen molar-refractivity contribution in [1.82, 2.24) is 5.32 Å². The highest BCUT2D eigenvalue weighted by Gasteiger charge is 2.41. The van der Waals surface area contributed by atoms with Gasteiger partial charge in [-0.05, 0) is 91.6 Å². The van der Waals surface area contributed by atoms with Crippen LogP contribution in [0.2, 0.25) is 0 Å². The van der Waals surface area contributed by atoms with Crippen LogP contribution in [0.25, 0.3) is 11.1 Å². The Morgan fingerprint density at radius 1 is 1.02 bits per heavy atom. The lowest BCUT2D eigenvalue weighted by Gasteiger charge is -2.36. The molecule has 2 atom stereocenters. The number of amides is 2. The van der Waals surface area contributed by atoms with Crippen molar-refractivity contribution in [2.75, 3.05) is 62.2 Å². The SMILES string of the molecule is COCCCN1C(=O)COc2ccc(N(C(=O)[C@H]3CNCC[C@@H]3c3cccc(-c4cccc(OCCCCl)c4)c3)C3CC3)cc21. The fraction of sp³-hybridized carbons (Fsp3) is 0.444. The summed E-state index contributed by atoms with van der Waals surface area (Å²) in [5.74, 6) is 1.98. The van der Waals surface area contributed by atoms with Gasteiger partial charge < -0.3 is 29.3 Å². The Morgan fingerprint density at radius 2 is 1.84 bits per heavy atom. The van der Waals surface area contributed by atoms with Gasteiger partial charge in [0.15, 0.2) is 6.61 Å². The summed E-state index contributed by atoms with van der Waals surface area (Å²) in [5, 5.41) is 3.49. The van der Waals surface area contributed by atoms with Crippen molar-refractivity contribution >= 4 is 34.8 Å². The number of hydrogen-bond acceptors (Lipinski definition) is 6. The number of rotatable bonds is 13. The zero-order valence-electron chi connectivity index (χ0n) is 25.9. The van der Waals surface area contributed by atoms with Gasteiger partial charge in [0.1, 0.15) is 11.5 Å². The smallest absolute Gasteiger partial charge is 0.265 e. The maximum atomic E-state index is 14.5. The van der Waals surface area contributed by atoms with Crippen molar-refractivity contribution < 1.29 is 23.8 Å². The van der Waals surface area contributed by atoms with Crippen LogP contribution in [0.3, 0.4) is 0 Å². The lowest BCUT2D eigenvalue weighted by molar-refractivity contribution is -0.123. The topological polar surface area (TPSA) is 80.3 Å². The van der Waals surface area contributed by atoms with Gasteiger partial charge in [-0.1, -0.05) is 36.4 Å². The number of anilines is 2. The summed E-state index contributed by atoms with van der Waals surface area (Å²) in [6.45, 7) is 3.19. The van der Waals surface area contributed by atoms with Gasteiger partial charge in [-0.25, -0.2) is 0 Å². The third-order valence-corrected chi connectivity index (χ3v) is 9.14. The second kappa shape index (κ2) is 14.7. The minimum atomic E-state index is -0.216. The minimum Gasteiger partial charge on any atom is -0.494 e. The predicted molar refractivity (Wildman–Crippen MR) is 178 cm³/mol. The highest BCUT2D eigenvalue weighted by molar-refractivity contribution is 6.17. The maximum Gasteiger partial charge on any atom is 0.265 e. The van der Waals surface area contributed by atoms with Crippen molar-refractivity contribution in [3.63, 3.8) is 0 Å². The third-order valence-electron chi connectivity index (χ3n) is 8.87. The number of carbonyl (C=O) groups excluding carboxylic acids is 2. The molecule has 2 amide bonds. The lowest BCUT2D eigenvalue weighted by Crippen LogP contribution is -2.47.